The number of carbonyl (C=O) groups excluding carboxylic acids is 1. The molecule has 0 unspecified atom stereocenters. The summed E-state index contributed by atoms with van der Waals surface area (Å²) < 4.78 is 6.25. The summed E-state index contributed by atoms with van der Waals surface area (Å²) in [6, 6.07) is 14.1. The van der Waals surface area contributed by atoms with Gasteiger partial charge < -0.3 is 10.1 Å². The van der Waals surface area contributed by atoms with Crippen molar-refractivity contribution in [1.29, 1.82) is 0 Å². The number of fused-ring (bicyclic) bond motifs is 1. The maximum Gasteiger partial charge on any atom is 0.226 e. The van der Waals surface area contributed by atoms with Crippen LogP contribution in [0.25, 0.3) is 10.2 Å². The van der Waals surface area contributed by atoms with Gasteiger partial charge in [-0.25, -0.2) is 4.98 Å². The van der Waals surface area contributed by atoms with E-state index in [4.69, 9.17) is 4.74 Å². The van der Waals surface area contributed by atoms with Crippen LogP contribution in [-0.4, -0.2) is 18.0 Å². The van der Waals surface area contributed by atoms with Crippen LogP contribution in [0.15, 0.2) is 42.5 Å². The minimum atomic E-state index is -0.0177. The second kappa shape index (κ2) is 7.46. The fourth-order valence-electron chi connectivity index (χ4n) is 2.68. The number of hydrogen-bond donors (Lipinski definition) is 1. The molecule has 1 amide bonds. The van der Waals surface area contributed by atoms with Crippen LogP contribution in [0.2, 0.25) is 0 Å². The maximum atomic E-state index is 12.2. The average molecular weight is 369 g/mol. The van der Waals surface area contributed by atoms with Crippen molar-refractivity contribution >= 4 is 32.6 Å². The second-order valence-electron chi connectivity index (χ2n) is 7.35. The lowest BCUT2D eigenvalue weighted by molar-refractivity contribution is -0.116. The van der Waals surface area contributed by atoms with Crippen LogP contribution >= 0.6 is 11.3 Å². The normalized spacial score (nSPS) is 11.5. The molecule has 0 atom stereocenters. The molecule has 5 heteroatoms. The number of thiazole rings is 1. The van der Waals surface area contributed by atoms with Crippen LogP contribution in [0, 0.1) is 0 Å². The summed E-state index contributed by atoms with van der Waals surface area (Å²) in [7, 11) is 1.64. The summed E-state index contributed by atoms with van der Waals surface area (Å²) in [6.07, 6.45) is 1.12. The zero-order valence-corrected chi connectivity index (χ0v) is 16.4. The third-order valence-corrected chi connectivity index (χ3v) is 5.23. The van der Waals surface area contributed by atoms with Gasteiger partial charge in [0, 0.05) is 6.42 Å². The third-order valence-electron chi connectivity index (χ3n) is 4.30. The molecule has 3 rings (SSSR count). The molecule has 0 spiro atoms. The van der Waals surface area contributed by atoms with Gasteiger partial charge in [-0.2, -0.15) is 0 Å². The Bertz CT molecular complexity index is 908. The highest BCUT2D eigenvalue weighted by atomic mass is 32.1. The largest absolute Gasteiger partial charge is 0.497 e. The monoisotopic (exact) mass is 368 g/mol. The van der Waals surface area contributed by atoms with Gasteiger partial charge in [-0.05, 0) is 47.2 Å². The Morgan fingerprint density at radius 1 is 1.15 bits per heavy atom. The Morgan fingerprint density at radius 2 is 1.88 bits per heavy atom. The highest BCUT2D eigenvalue weighted by molar-refractivity contribution is 7.22. The molecule has 0 saturated carbocycles. The third kappa shape index (κ3) is 4.41. The average Bonchev–Trinajstić information content (AvgIpc) is 3.01. The molecule has 1 aromatic heterocycles. The molecule has 0 aliphatic rings. The molecule has 0 aliphatic carbocycles. The van der Waals surface area contributed by atoms with E-state index in [1.165, 1.54) is 16.9 Å². The Kier molecular flexibility index (Phi) is 5.28. The predicted molar refractivity (Wildman–Crippen MR) is 108 cm³/mol. The van der Waals surface area contributed by atoms with Crippen molar-refractivity contribution in [2.45, 2.75) is 39.0 Å². The van der Waals surface area contributed by atoms with Crippen molar-refractivity contribution in [2.75, 3.05) is 12.4 Å². The SMILES string of the molecule is COc1ccc(CCC(=O)Nc2nc3ccc(C(C)(C)C)cc3s2)cc1. The number of aryl methyl sites for hydroxylation is 1. The van der Waals surface area contributed by atoms with Gasteiger partial charge in [0.1, 0.15) is 5.75 Å². The van der Waals surface area contributed by atoms with E-state index in [1.807, 2.05) is 30.3 Å². The van der Waals surface area contributed by atoms with Gasteiger partial charge >= 0.3 is 0 Å². The number of ether oxygens (including phenoxy) is 1. The van der Waals surface area contributed by atoms with Crippen LogP contribution in [0.3, 0.4) is 0 Å². The molecule has 0 fully saturated rings. The predicted octanol–water partition coefficient (Wildman–Crippen LogP) is 5.17. The zero-order chi connectivity index (χ0) is 18.7. The zero-order valence-electron chi connectivity index (χ0n) is 15.6. The van der Waals surface area contributed by atoms with E-state index >= 15 is 0 Å². The summed E-state index contributed by atoms with van der Waals surface area (Å²) in [5.41, 5.74) is 3.40. The van der Waals surface area contributed by atoms with Gasteiger partial charge in [0.25, 0.3) is 0 Å². The molecule has 2 aromatic carbocycles. The first-order valence-electron chi connectivity index (χ1n) is 8.69. The van der Waals surface area contributed by atoms with E-state index in [2.05, 4.69) is 43.2 Å². The lowest BCUT2D eigenvalue weighted by Crippen LogP contribution is -2.12. The first-order valence-corrected chi connectivity index (χ1v) is 9.50. The molecule has 1 N–H and O–H groups in total. The fourth-order valence-corrected chi connectivity index (χ4v) is 3.60. The van der Waals surface area contributed by atoms with Crippen LogP contribution in [0.4, 0.5) is 5.13 Å². The van der Waals surface area contributed by atoms with Crippen molar-refractivity contribution in [1.82, 2.24) is 4.98 Å². The molecular formula is C21H24N2O2S. The first-order chi connectivity index (χ1) is 12.3. The first kappa shape index (κ1) is 18.4. The van der Waals surface area contributed by atoms with E-state index in [1.54, 1.807) is 7.11 Å². The van der Waals surface area contributed by atoms with Gasteiger partial charge in [-0.3, -0.25) is 4.79 Å². The highest BCUT2D eigenvalue weighted by Gasteiger charge is 2.15. The van der Waals surface area contributed by atoms with E-state index < -0.39 is 0 Å². The molecule has 0 saturated heterocycles. The topological polar surface area (TPSA) is 51.2 Å². The van der Waals surface area contributed by atoms with E-state index in [9.17, 15) is 4.79 Å². The Hall–Kier alpha value is -2.40. The smallest absolute Gasteiger partial charge is 0.226 e. The standard InChI is InChI=1S/C21H24N2O2S/c1-21(2,3)15-8-11-17-18(13-15)26-20(22-17)23-19(24)12-7-14-5-9-16(25-4)10-6-14/h5-6,8-11,13H,7,12H2,1-4H3,(H,22,23,24). The van der Waals surface area contributed by atoms with Crippen LogP contribution < -0.4 is 10.1 Å². The van der Waals surface area contributed by atoms with Crippen molar-refractivity contribution in [3.8, 4) is 5.75 Å². The fraction of sp³-hybridized carbons (Fsp3) is 0.333. The minimum absolute atomic E-state index is 0.0177. The summed E-state index contributed by atoms with van der Waals surface area (Å²) in [4.78, 5) is 16.8. The van der Waals surface area contributed by atoms with Crippen molar-refractivity contribution < 1.29 is 9.53 Å². The number of nitrogens with zero attached hydrogens (tertiary/aromatic N) is 1. The molecule has 0 radical (unpaired) electrons. The number of nitrogens with one attached hydrogen (secondary N) is 1. The van der Waals surface area contributed by atoms with Gasteiger partial charge in [0.05, 0.1) is 17.3 Å². The lowest BCUT2D eigenvalue weighted by Gasteiger charge is -2.18. The number of carbonyl (C=O) groups is 1. The number of hydrogen-bond acceptors (Lipinski definition) is 4. The number of anilines is 1. The van der Waals surface area contributed by atoms with Crippen molar-refractivity contribution in [3.05, 3.63) is 53.6 Å². The number of rotatable bonds is 5. The van der Waals surface area contributed by atoms with Gasteiger partial charge in [-0.15, -0.1) is 0 Å². The van der Waals surface area contributed by atoms with Gasteiger partial charge in [0.2, 0.25) is 5.91 Å². The van der Waals surface area contributed by atoms with E-state index in [-0.39, 0.29) is 11.3 Å². The molecule has 0 bridgehead atoms. The Balaban J connectivity index is 1.63. The highest BCUT2D eigenvalue weighted by Crippen LogP contribution is 2.31. The van der Waals surface area contributed by atoms with Crippen molar-refractivity contribution in [3.63, 3.8) is 0 Å². The number of benzene rings is 2. The van der Waals surface area contributed by atoms with Crippen LogP contribution in [0.1, 0.15) is 38.3 Å². The molecule has 26 heavy (non-hydrogen) atoms. The molecular weight excluding hydrogens is 344 g/mol. The molecule has 136 valence electrons. The van der Waals surface area contributed by atoms with Crippen LogP contribution in [-0.2, 0) is 16.6 Å². The summed E-state index contributed by atoms with van der Waals surface area (Å²) in [5.74, 6) is 0.804. The second-order valence-corrected chi connectivity index (χ2v) is 8.38. The van der Waals surface area contributed by atoms with Crippen molar-refractivity contribution in [2.24, 2.45) is 0 Å². The van der Waals surface area contributed by atoms with Crippen LogP contribution in [0.5, 0.6) is 5.75 Å². The summed E-state index contributed by atoms with van der Waals surface area (Å²) in [5, 5.41) is 3.58. The molecule has 1 heterocycles. The molecule has 4 nitrogen and oxygen atoms in total. The maximum absolute atomic E-state index is 12.2. The Morgan fingerprint density at radius 3 is 2.54 bits per heavy atom. The lowest BCUT2D eigenvalue weighted by atomic mass is 9.87. The van der Waals surface area contributed by atoms with Gasteiger partial charge in [0.15, 0.2) is 5.13 Å². The molecule has 3 aromatic rings. The van der Waals surface area contributed by atoms with E-state index in [0.717, 1.165) is 21.5 Å². The molecule has 0 aliphatic heterocycles. The number of methoxy groups -OCH3 is 1. The number of amides is 1. The quantitative estimate of drug-likeness (QED) is 0.675. The number of aromatic nitrogens is 1. The minimum Gasteiger partial charge on any atom is -0.497 e. The Labute approximate surface area is 158 Å². The summed E-state index contributed by atoms with van der Waals surface area (Å²) in [6.45, 7) is 6.57. The van der Waals surface area contributed by atoms with Gasteiger partial charge in [-0.1, -0.05) is 50.3 Å². The summed E-state index contributed by atoms with van der Waals surface area (Å²) >= 11 is 1.52. The van der Waals surface area contributed by atoms with E-state index in [0.29, 0.717) is 18.0 Å².